The first kappa shape index (κ1) is 17.5. The Morgan fingerprint density at radius 3 is 2.52 bits per heavy atom. The van der Waals surface area contributed by atoms with Crippen LogP contribution >= 0.6 is 0 Å². The Morgan fingerprint density at radius 2 is 1.88 bits per heavy atom. The van der Waals surface area contributed by atoms with E-state index in [1.165, 1.54) is 5.57 Å². The summed E-state index contributed by atoms with van der Waals surface area (Å²) in [6.45, 7) is 1.84. The van der Waals surface area contributed by atoms with Gasteiger partial charge in [-0.2, -0.15) is 0 Å². The van der Waals surface area contributed by atoms with E-state index in [9.17, 15) is 8.42 Å². The van der Waals surface area contributed by atoms with Gasteiger partial charge < -0.3 is 9.64 Å². The summed E-state index contributed by atoms with van der Waals surface area (Å²) in [7, 11) is 0.0978. The standard InChI is InChI=1S/C19H22N2O3S/c1-21-12-10-15(11-13-21)18-14-16(8-9-19(18)24-2)20-25(22,23)17-6-4-3-5-7-17/h3-10,14,20H,11-13H2,1-2H3. The summed E-state index contributed by atoms with van der Waals surface area (Å²) in [5, 5.41) is 0. The van der Waals surface area contributed by atoms with Gasteiger partial charge in [0.05, 0.1) is 12.0 Å². The third-order valence-electron chi connectivity index (χ3n) is 4.26. The van der Waals surface area contributed by atoms with Crippen molar-refractivity contribution in [3.8, 4) is 5.75 Å². The molecule has 1 aliphatic rings. The quantitative estimate of drug-likeness (QED) is 0.892. The van der Waals surface area contributed by atoms with Crippen molar-refractivity contribution in [1.29, 1.82) is 0 Å². The van der Waals surface area contributed by atoms with Crippen molar-refractivity contribution in [3.05, 3.63) is 60.2 Å². The van der Waals surface area contributed by atoms with Crippen LogP contribution in [0.1, 0.15) is 12.0 Å². The molecule has 0 saturated heterocycles. The van der Waals surface area contributed by atoms with Gasteiger partial charge in [-0.25, -0.2) is 8.42 Å². The monoisotopic (exact) mass is 358 g/mol. The molecule has 2 aromatic rings. The molecule has 5 nitrogen and oxygen atoms in total. The molecule has 0 aliphatic carbocycles. The molecule has 0 amide bonds. The van der Waals surface area contributed by atoms with Crippen molar-refractivity contribution >= 4 is 21.3 Å². The second kappa shape index (κ2) is 7.29. The van der Waals surface area contributed by atoms with Gasteiger partial charge in [0.25, 0.3) is 10.0 Å². The lowest BCUT2D eigenvalue weighted by atomic mass is 9.98. The van der Waals surface area contributed by atoms with Crippen LogP contribution in [0.2, 0.25) is 0 Å². The first-order valence-corrected chi connectivity index (χ1v) is 9.62. The van der Waals surface area contributed by atoms with Gasteiger partial charge in [-0.15, -0.1) is 0 Å². The van der Waals surface area contributed by atoms with Crippen molar-refractivity contribution in [1.82, 2.24) is 4.90 Å². The fraction of sp³-hybridized carbons (Fsp3) is 0.263. The zero-order valence-electron chi connectivity index (χ0n) is 14.4. The summed E-state index contributed by atoms with van der Waals surface area (Å²) in [6.07, 6.45) is 3.07. The van der Waals surface area contributed by atoms with E-state index in [-0.39, 0.29) is 4.90 Å². The molecule has 0 bridgehead atoms. The molecule has 0 unspecified atom stereocenters. The lowest BCUT2D eigenvalue weighted by molar-refractivity contribution is 0.369. The minimum absolute atomic E-state index is 0.242. The molecule has 0 saturated carbocycles. The highest BCUT2D eigenvalue weighted by Gasteiger charge is 2.17. The van der Waals surface area contributed by atoms with Gasteiger partial charge in [0.15, 0.2) is 0 Å². The zero-order valence-corrected chi connectivity index (χ0v) is 15.2. The summed E-state index contributed by atoms with van der Waals surface area (Å²) in [6, 6.07) is 13.7. The van der Waals surface area contributed by atoms with E-state index in [4.69, 9.17) is 4.74 Å². The third kappa shape index (κ3) is 4.03. The molecule has 0 fully saturated rings. The van der Waals surface area contributed by atoms with Gasteiger partial charge in [0.1, 0.15) is 5.75 Å². The molecule has 0 atom stereocenters. The van der Waals surface area contributed by atoms with Crippen LogP contribution in [0.25, 0.3) is 5.57 Å². The van der Waals surface area contributed by atoms with Gasteiger partial charge in [-0.1, -0.05) is 24.3 Å². The number of benzene rings is 2. The SMILES string of the molecule is COc1ccc(NS(=O)(=O)c2ccccc2)cc1C1=CCN(C)CC1. The van der Waals surface area contributed by atoms with E-state index >= 15 is 0 Å². The number of hydrogen-bond donors (Lipinski definition) is 1. The van der Waals surface area contributed by atoms with Crippen LogP contribution in [0.15, 0.2) is 59.5 Å². The van der Waals surface area contributed by atoms with E-state index in [2.05, 4.69) is 22.7 Å². The first-order valence-electron chi connectivity index (χ1n) is 8.13. The highest BCUT2D eigenvalue weighted by molar-refractivity contribution is 7.92. The predicted octanol–water partition coefficient (Wildman–Crippen LogP) is 3.21. The molecule has 1 heterocycles. The Labute approximate surface area is 149 Å². The maximum absolute atomic E-state index is 12.5. The number of ether oxygens (including phenoxy) is 1. The van der Waals surface area contributed by atoms with Crippen molar-refractivity contribution in [3.63, 3.8) is 0 Å². The van der Waals surface area contributed by atoms with Crippen LogP contribution < -0.4 is 9.46 Å². The highest BCUT2D eigenvalue weighted by Crippen LogP contribution is 2.33. The van der Waals surface area contributed by atoms with Crippen LogP contribution in [0, 0.1) is 0 Å². The smallest absolute Gasteiger partial charge is 0.261 e. The lowest BCUT2D eigenvalue weighted by Crippen LogP contribution is -2.23. The summed E-state index contributed by atoms with van der Waals surface area (Å²) in [5.74, 6) is 0.749. The molecular formula is C19H22N2O3S. The molecule has 3 rings (SSSR count). The molecule has 0 radical (unpaired) electrons. The maximum atomic E-state index is 12.5. The number of rotatable bonds is 5. The van der Waals surface area contributed by atoms with Gasteiger partial charge in [-0.05, 0) is 49.4 Å². The average molecular weight is 358 g/mol. The van der Waals surface area contributed by atoms with Crippen molar-refractivity contribution in [2.75, 3.05) is 32.0 Å². The zero-order chi connectivity index (χ0) is 17.9. The fourth-order valence-electron chi connectivity index (χ4n) is 2.85. The number of hydrogen-bond acceptors (Lipinski definition) is 4. The minimum Gasteiger partial charge on any atom is -0.496 e. The Hall–Kier alpha value is -2.31. The highest BCUT2D eigenvalue weighted by atomic mass is 32.2. The van der Waals surface area contributed by atoms with Crippen molar-refractivity contribution < 1.29 is 13.2 Å². The molecule has 2 aromatic carbocycles. The van der Waals surface area contributed by atoms with Crippen LogP contribution in [0.4, 0.5) is 5.69 Å². The number of nitrogens with zero attached hydrogens (tertiary/aromatic N) is 1. The Morgan fingerprint density at radius 1 is 1.12 bits per heavy atom. The summed E-state index contributed by atoms with van der Waals surface area (Å²) in [5.41, 5.74) is 2.64. The molecule has 1 N–H and O–H groups in total. The van der Waals surface area contributed by atoms with E-state index < -0.39 is 10.0 Å². The molecule has 132 valence electrons. The van der Waals surface area contributed by atoms with Crippen LogP contribution in [-0.4, -0.2) is 40.6 Å². The number of methoxy groups -OCH3 is 1. The molecule has 6 heteroatoms. The molecule has 1 aliphatic heterocycles. The van der Waals surface area contributed by atoms with E-state index in [0.717, 1.165) is 30.8 Å². The van der Waals surface area contributed by atoms with Crippen LogP contribution in [-0.2, 0) is 10.0 Å². The second-order valence-corrected chi connectivity index (χ2v) is 7.76. The fourth-order valence-corrected chi connectivity index (χ4v) is 3.92. The summed E-state index contributed by atoms with van der Waals surface area (Å²) >= 11 is 0. The number of sulfonamides is 1. The minimum atomic E-state index is -3.61. The summed E-state index contributed by atoms with van der Waals surface area (Å²) < 4.78 is 33.2. The lowest BCUT2D eigenvalue weighted by Gasteiger charge is -2.23. The molecule has 0 aromatic heterocycles. The largest absolute Gasteiger partial charge is 0.496 e. The topological polar surface area (TPSA) is 58.6 Å². The molecule has 0 spiro atoms. The average Bonchev–Trinajstić information content (AvgIpc) is 2.63. The van der Waals surface area contributed by atoms with E-state index in [1.807, 2.05) is 6.07 Å². The van der Waals surface area contributed by atoms with Gasteiger partial charge >= 0.3 is 0 Å². The maximum Gasteiger partial charge on any atom is 0.261 e. The molecular weight excluding hydrogens is 336 g/mol. The van der Waals surface area contributed by atoms with Crippen LogP contribution in [0.5, 0.6) is 5.75 Å². The van der Waals surface area contributed by atoms with Crippen LogP contribution in [0.3, 0.4) is 0 Å². The van der Waals surface area contributed by atoms with Gasteiger partial charge in [0.2, 0.25) is 0 Å². The van der Waals surface area contributed by atoms with E-state index in [0.29, 0.717) is 5.69 Å². The van der Waals surface area contributed by atoms with E-state index in [1.54, 1.807) is 49.6 Å². The number of nitrogens with one attached hydrogen (secondary N) is 1. The third-order valence-corrected chi connectivity index (χ3v) is 5.66. The first-order chi connectivity index (χ1) is 12.0. The normalized spacial score (nSPS) is 15.5. The van der Waals surface area contributed by atoms with Crippen molar-refractivity contribution in [2.24, 2.45) is 0 Å². The number of likely N-dealkylation sites (N-methyl/N-ethyl adjacent to an activating group) is 1. The summed E-state index contributed by atoms with van der Waals surface area (Å²) in [4.78, 5) is 2.48. The molecule has 25 heavy (non-hydrogen) atoms. The second-order valence-electron chi connectivity index (χ2n) is 6.08. The Kier molecular flexibility index (Phi) is 5.11. The van der Waals surface area contributed by atoms with Gasteiger partial charge in [-0.3, -0.25) is 4.72 Å². The van der Waals surface area contributed by atoms with Crippen molar-refractivity contribution in [2.45, 2.75) is 11.3 Å². The predicted molar refractivity (Wildman–Crippen MR) is 100 cm³/mol. The van der Waals surface area contributed by atoms with Gasteiger partial charge in [0, 0.05) is 24.3 Å². The number of anilines is 1. The Bertz CT molecular complexity index is 877. The Balaban J connectivity index is 1.92.